The fraction of sp³-hybridized carbons (Fsp3) is 0.214. The molecule has 1 aromatic heterocycles. The molecule has 3 N–H and O–H groups in total. The molecule has 21 heavy (non-hydrogen) atoms. The average molecular weight is 370 g/mol. The first-order valence-electron chi connectivity index (χ1n) is 6.40. The monoisotopic (exact) mass is 369 g/mol. The zero-order chi connectivity index (χ0) is 15.3. The van der Waals surface area contributed by atoms with Gasteiger partial charge in [0, 0.05) is 30.0 Å². The number of nitrogens with one attached hydrogen (secondary N) is 1. The van der Waals surface area contributed by atoms with Crippen LogP contribution < -0.4 is 10.5 Å². The summed E-state index contributed by atoms with van der Waals surface area (Å²) < 4.78 is 27.8. The van der Waals surface area contributed by atoms with Crippen LogP contribution in [0.25, 0.3) is 0 Å². The summed E-state index contributed by atoms with van der Waals surface area (Å²) in [6, 6.07) is 8.79. The normalized spacial score (nSPS) is 11.5. The number of nitrogens with zero attached hydrogens (tertiary/aromatic N) is 1. The SMILES string of the molecule is NCc1ccc(Br)c(S(=O)(=O)NCCc2ccncc2)c1. The molecule has 0 radical (unpaired) electrons. The Labute approximate surface area is 132 Å². The van der Waals surface area contributed by atoms with Crippen molar-refractivity contribution in [2.75, 3.05) is 6.54 Å². The van der Waals surface area contributed by atoms with Gasteiger partial charge in [-0.1, -0.05) is 6.07 Å². The Hall–Kier alpha value is -1.28. The Morgan fingerprint density at radius 1 is 1.14 bits per heavy atom. The maximum atomic E-state index is 12.3. The highest BCUT2D eigenvalue weighted by Gasteiger charge is 2.17. The minimum Gasteiger partial charge on any atom is -0.326 e. The van der Waals surface area contributed by atoms with E-state index in [0.29, 0.717) is 24.0 Å². The lowest BCUT2D eigenvalue weighted by molar-refractivity contribution is 0.581. The molecular formula is C14H16BrN3O2S. The maximum Gasteiger partial charge on any atom is 0.241 e. The van der Waals surface area contributed by atoms with Crippen LogP contribution in [0.2, 0.25) is 0 Å². The van der Waals surface area contributed by atoms with Crippen LogP contribution in [0.5, 0.6) is 0 Å². The topological polar surface area (TPSA) is 85.1 Å². The summed E-state index contributed by atoms with van der Waals surface area (Å²) in [7, 11) is -3.56. The van der Waals surface area contributed by atoms with Gasteiger partial charge >= 0.3 is 0 Å². The summed E-state index contributed by atoms with van der Waals surface area (Å²) in [4.78, 5) is 4.13. The highest BCUT2D eigenvalue weighted by Crippen LogP contribution is 2.23. The minimum absolute atomic E-state index is 0.208. The number of pyridine rings is 1. The predicted octanol–water partition coefficient (Wildman–Crippen LogP) is 1.82. The molecule has 0 saturated carbocycles. The number of aromatic nitrogens is 1. The summed E-state index contributed by atoms with van der Waals surface area (Å²) in [6.45, 7) is 0.623. The Morgan fingerprint density at radius 2 is 1.86 bits per heavy atom. The fourth-order valence-corrected chi connectivity index (χ4v) is 3.88. The Morgan fingerprint density at radius 3 is 2.52 bits per heavy atom. The van der Waals surface area contributed by atoms with E-state index >= 15 is 0 Å². The number of nitrogens with two attached hydrogens (primary N) is 1. The van der Waals surface area contributed by atoms with E-state index < -0.39 is 10.0 Å². The molecule has 0 amide bonds. The van der Waals surface area contributed by atoms with Crippen molar-refractivity contribution >= 4 is 26.0 Å². The van der Waals surface area contributed by atoms with Crippen molar-refractivity contribution in [3.8, 4) is 0 Å². The van der Waals surface area contributed by atoms with Gasteiger partial charge in [0.1, 0.15) is 0 Å². The van der Waals surface area contributed by atoms with Gasteiger partial charge in [-0.05, 0) is 57.7 Å². The molecule has 112 valence electrons. The number of hydrogen-bond donors (Lipinski definition) is 2. The molecule has 0 aliphatic rings. The lowest BCUT2D eigenvalue weighted by Gasteiger charge is -2.10. The largest absolute Gasteiger partial charge is 0.326 e. The van der Waals surface area contributed by atoms with Crippen molar-refractivity contribution in [2.45, 2.75) is 17.9 Å². The van der Waals surface area contributed by atoms with Crippen LogP contribution in [0, 0.1) is 0 Å². The van der Waals surface area contributed by atoms with E-state index in [1.165, 1.54) is 0 Å². The third kappa shape index (κ3) is 4.34. The van der Waals surface area contributed by atoms with Crippen LogP contribution in [-0.4, -0.2) is 19.9 Å². The van der Waals surface area contributed by atoms with Crippen molar-refractivity contribution in [3.05, 3.63) is 58.3 Å². The van der Waals surface area contributed by atoms with E-state index in [1.54, 1.807) is 30.6 Å². The predicted molar refractivity (Wildman–Crippen MR) is 85.2 cm³/mol. The second-order valence-corrected chi connectivity index (χ2v) is 7.06. The van der Waals surface area contributed by atoms with Crippen LogP contribution in [0.15, 0.2) is 52.1 Å². The van der Waals surface area contributed by atoms with Crippen LogP contribution in [0.3, 0.4) is 0 Å². The fourth-order valence-electron chi connectivity index (χ4n) is 1.84. The zero-order valence-corrected chi connectivity index (χ0v) is 13.7. The van der Waals surface area contributed by atoms with E-state index in [0.717, 1.165) is 11.1 Å². The maximum absolute atomic E-state index is 12.3. The van der Waals surface area contributed by atoms with Gasteiger partial charge in [-0.2, -0.15) is 0 Å². The highest BCUT2D eigenvalue weighted by atomic mass is 79.9. The van der Waals surface area contributed by atoms with Gasteiger partial charge in [0.15, 0.2) is 0 Å². The van der Waals surface area contributed by atoms with Crippen LogP contribution in [0.1, 0.15) is 11.1 Å². The first kappa shape index (κ1) is 16.1. The number of benzene rings is 1. The van der Waals surface area contributed by atoms with Gasteiger partial charge in [-0.15, -0.1) is 0 Å². The third-order valence-corrected chi connectivity index (χ3v) is 5.43. The first-order valence-corrected chi connectivity index (χ1v) is 8.67. The number of rotatable bonds is 6. The lowest BCUT2D eigenvalue weighted by Crippen LogP contribution is -2.26. The van der Waals surface area contributed by atoms with Crippen molar-refractivity contribution in [1.82, 2.24) is 9.71 Å². The third-order valence-electron chi connectivity index (χ3n) is 2.98. The molecule has 2 aromatic rings. The van der Waals surface area contributed by atoms with Crippen LogP contribution in [-0.2, 0) is 23.0 Å². The molecule has 7 heteroatoms. The molecule has 0 saturated heterocycles. The van der Waals surface area contributed by atoms with Gasteiger partial charge < -0.3 is 5.73 Å². The molecule has 0 unspecified atom stereocenters. The molecule has 5 nitrogen and oxygen atoms in total. The smallest absolute Gasteiger partial charge is 0.241 e. The Kier molecular flexibility index (Phi) is 5.46. The van der Waals surface area contributed by atoms with Crippen molar-refractivity contribution in [1.29, 1.82) is 0 Å². The van der Waals surface area contributed by atoms with E-state index in [-0.39, 0.29) is 4.90 Å². The Bertz CT molecular complexity index is 705. The number of hydrogen-bond acceptors (Lipinski definition) is 4. The van der Waals surface area contributed by atoms with Crippen molar-refractivity contribution < 1.29 is 8.42 Å². The van der Waals surface area contributed by atoms with Gasteiger partial charge in [-0.3, -0.25) is 4.98 Å². The van der Waals surface area contributed by atoms with E-state index in [2.05, 4.69) is 25.6 Å². The van der Waals surface area contributed by atoms with Gasteiger partial charge in [0.25, 0.3) is 0 Å². The van der Waals surface area contributed by atoms with Crippen molar-refractivity contribution in [3.63, 3.8) is 0 Å². The second kappa shape index (κ2) is 7.13. The van der Waals surface area contributed by atoms with Crippen LogP contribution in [0.4, 0.5) is 0 Å². The van der Waals surface area contributed by atoms with Gasteiger partial charge in [0.05, 0.1) is 4.90 Å². The molecule has 2 rings (SSSR count). The standard InChI is InChI=1S/C14H16BrN3O2S/c15-13-2-1-12(10-16)9-14(13)21(19,20)18-8-5-11-3-6-17-7-4-11/h1-4,6-7,9,18H,5,8,10,16H2. The molecule has 0 spiro atoms. The van der Waals surface area contributed by atoms with E-state index in [9.17, 15) is 8.42 Å². The highest BCUT2D eigenvalue weighted by molar-refractivity contribution is 9.10. The first-order chi connectivity index (χ1) is 10.0. The summed E-state index contributed by atoms with van der Waals surface area (Å²) in [6.07, 6.45) is 3.98. The molecule has 0 bridgehead atoms. The molecule has 1 heterocycles. The summed E-state index contributed by atoms with van der Waals surface area (Å²) >= 11 is 3.26. The molecule has 0 aliphatic carbocycles. The van der Waals surface area contributed by atoms with Gasteiger partial charge in [0.2, 0.25) is 10.0 Å². The number of halogens is 1. The molecule has 1 aromatic carbocycles. The van der Waals surface area contributed by atoms with Crippen molar-refractivity contribution in [2.24, 2.45) is 5.73 Å². The molecular weight excluding hydrogens is 354 g/mol. The summed E-state index contributed by atoms with van der Waals surface area (Å²) in [5, 5.41) is 0. The zero-order valence-electron chi connectivity index (χ0n) is 11.3. The second-order valence-electron chi connectivity index (χ2n) is 4.47. The van der Waals surface area contributed by atoms with E-state index in [1.807, 2.05) is 12.1 Å². The number of sulfonamides is 1. The van der Waals surface area contributed by atoms with Gasteiger partial charge in [-0.25, -0.2) is 13.1 Å². The average Bonchev–Trinajstić information content (AvgIpc) is 2.48. The Balaban J connectivity index is 2.08. The quantitative estimate of drug-likeness (QED) is 0.813. The van der Waals surface area contributed by atoms with Crippen LogP contribution >= 0.6 is 15.9 Å². The molecule has 0 fully saturated rings. The molecule has 0 atom stereocenters. The molecule has 0 aliphatic heterocycles. The minimum atomic E-state index is -3.56. The summed E-state index contributed by atoms with van der Waals surface area (Å²) in [5.41, 5.74) is 7.35. The lowest BCUT2D eigenvalue weighted by atomic mass is 10.2. The van der Waals surface area contributed by atoms with E-state index in [4.69, 9.17) is 5.73 Å². The summed E-state index contributed by atoms with van der Waals surface area (Å²) in [5.74, 6) is 0.